The van der Waals surface area contributed by atoms with Crippen LogP contribution in [0.1, 0.15) is 17.2 Å². The normalized spacial score (nSPS) is 18.4. The molecule has 2 aromatic rings. The van der Waals surface area contributed by atoms with Crippen molar-refractivity contribution in [1.29, 1.82) is 0 Å². The highest BCUT2D eigenvalue weighted by atomic mass is 35.5. The molecule has 1 aliphatic heterocycles. The summed E-state index contributed by atoms with van der Waals surface area (Å²) in [6, 6.07) is 16.6. The van der Waals surface area contributed by atoms with Crippen molar-refractivity contribution in [3.63, 3.8) is 0 Å². The molecule has 22 heavy (non-hydrogen) atoms. The molecule has 0 aliphatic carbocycles. The summed E-state index contributed by atoms with van der Waals surface area (Å²) in [6.45, 7) is 3.50. The first-order valence-electron chi connectivity index (χ1n) is 7.65. The number of hydrogen-bond donors (Lipinski definition) is 1. The summed E-state index contributed by atoms with van der Waals surface area (Å²) < 4.78 is 5.94. The lowest BCUT2D eigenvalue weighted by Crippen LogP contribution is -2.36. The SMILES string of the molecule is CNCCN1CCOc2ccc(Cl)cc2C1c1ccccc1. The van der Waals surface area contributed by atoms with E-state index >= 15 is 0 Å². The highest BCUT2D eigenvalue weighted by Gasteiger charge is 2.27. The van der Waals surface area contributed by atoms with Crippen molar-refractivity contribution < 1.29 is 4.74 Å². The lowest BCUT2D eigenvalue weighted by molar-refractivity contribution is 0.203. The van der Waals surface area contributed by atoms with E-state index in [2.05, 4.69) is 34.5 Å². The molecule has 0 spiro atoms. The van der Waals surface area contributed by atoms with E-state index in [1.807, 2.05) is 31.3 Å². The topological polar surface area (TPSA) is 24.5 Å². The van der Waals surface area contributed by atoms with E-state index in [1.165, 1.54) is 5.56 Å². The van der Waals surface area contributed by atoms with Gasteiger partial charge in [-0.05, 0) is 30.8 Å². The molecule has 116 valence electrons. The number of likely N-dealkylation sites (N-methyl/N-ethyl adjacent to an activating group) is 1. The average molecular weight is 317 g/mol. The van der Waals surface area contributed by atoms with Crippen molar-refractivity contribution in [3.05, 3.63) is 64.7 Å². The Bertz CT molecular complexity index is 616. The summed E-state index contributed by atoms with van der Waals surface area (Å²) in [5.74, 6) is 0.935. The predicted molar refractivity (Wildman–Crippen MR) is 90.7 cm³/mol. The van der Waals surface area contributed by atoms with Gasteiger partial charge in [-0.1, -0.05) is 41.9 Å². The third-order valence-electron chi connectivity index (χ3n) is 4.03. The second kappa shape index (κ2) is 7.14. The van der Waals surface area contributed by atoms with E-state index in [0.29, 0.717) is 6.61 Å². The number of ether oxygens (including phenoxy) is 1. The Labute approximate surface area is 136 Å². The number of rotatable bonds is 4. The maximum atomic E-state index is 6.25. The molecule has 0 saturated carbocycles. The molecular weight excluding hydrogens is 296 g/mol. The summed E-state index contributed by atoms with van der Waals surface area (Å²) >= 11 is 6.25. The van der Waals surface area contributed by atoms with Crippen molar-refractivity contribution in [2.45, 2.75) is 6.04 Å². The van der Waals surface area contributed by atoms with Crippen LogP contribution in [0.4, 0.5) is 0 Å². The molecule has 0 bridgehead atoms. The van der Waals surface area contributed by atoms with Crippen LogP contribution in [0, 0.1) is 0 Å². The highest BCUT2D eigenvalue weighted by Crippen LogP contribution is 2.37. The van der Waals surface area contributed by atoms with Crippen molar-refractivity contribution in [2.24, 2.45) is 0 Å². The van der Waals surface area contributed by atoms with Crippen molar-refractivity contribution >= 4 is 11.6 Å². The second-order valence-electron chi connectivity index (χ2n) is 5.48. The van der Waals surface area contributed by atoms with Crippen molar-refractivity contribution in [3.8, 4) is 5.75 Å². The molecule has 0 amide bonds. The van der Waals surface area contributed by atoms with Gasteiger partial charge in [-0.15, -0.1) is 0 Å². The zero-order valence-corrected chi connectivity index (χ0v) is 13.5. The Hall–Kier alpha value is -1.55. The fraction of sp³-hybridized carbons (Fsp3) is 0.333. The predicted octanol–water partition coefficient (Wildman–Crippen LogP) is 3.34. The minimum atomic E-state index is 0.172. The van der Waals surface area contributed by atoms with E-state index in [9.17, 15) is 0 Å². The number of halogens is 1. The maximum Gasteiger partial charge on any atom is 0.124 e. The first-order valence-corrected chi connectivity index (χ1v) is 8.03. The lowest BCUT2D eigenvalue weighted by Gasteiger charge is -2.30. The fourth-order valence-corrected chi connectivity index (χ4v) is 3.17. The molecule has 0 aromatic heterocycles. The van der Waals surface area contributed by atoms with Gasteiger partial charge in [-0.25, -0.2) is 0 Å². The van der Waals surface area contributed by atoms with Crippen LogP contribution in [-0.2, 0) is 0 Å². The zero-order valence-electron chi connectivity index (χ0n) is 12.8. The van der Waals surface area contributed by atoms with Gasteiger partial charge in [0.05, 0.1) is 6.04 Å². The van der Waals surface area contributed by atoms with Crippen LogP contribution < -0.4 is 10.1 Å². The van der Waals surface area contributed by atoms with Gasteiger partial charge in [0, 0.05) is 30.2 Å². The summed E-state index contributed by atoms with van der Waals surface area (Å²) in [4.78, 5) is 2.45. The molecule has 1 heterocycles. The summed E-state index contributed by atoms with van der Waals surface area (Å²) in [6.07, 6.45) is 0. The van der Waals surface area contributed by atoms with E-state index in [1.54, 1.807) is 0 Å². The molecule has 0 radical (unpaired) electrons. The lowest BCUT2D eigenvalue weighted by atomic mass is 9.96. The first-order chi connectivity index (χ1) is 10.8. The van der Waals surface area contributed by atoms with Crippen LogP contribution in [-0.4, -0.2) is 38.2 Å². The third-order valence-corrected chi connectivity index (χ3v) is 4.27. The molecule has 1 atom stereocenters. The Morgan fingerprint density at radius 1 is 1.23 bits per heavy atom. The number of hydrogen-bond acceptors (Lipinski definition) is 3. The second-order valence-corrected chi connectivity index (χ2v) is 5.92. The van der Waals surface area contributed by atoms with Gasteiger partial charge in [-0.3, -0.25) is 4.90 Å². The Morgan fingerprint density at radius 2 is 2.05 bits per heavy atom. The smallest absolute Gasteiger partial charge is 0.124 e. The van der Waals surface area contributed by atoms with E-state index < -0.39 is 0 Å². The van der Waals surface area contributed by atoms with Gasteiger partial charge in [0.2, 0.25) is 0 Å². The largest absolute Gasteiger partial charge is 0.492 e. The van der Waals surface area contributed by atoms with Crippen molar-refractivity contribution in [1.82, 2.24) is 10.2 Å². The van der Waals surface area contributed by atoms with E-state index in [-0.39, 0.29) is 6.04 Å². The molecule has 1 unspecified atom stereocenters. The Kier molecular flexibility index (Phi) is 4.98. The molecule has 3 nitrogen and oxygen atoms in total. The highest BCUT2D eigenvalue weighted by molar-refractivity contribution is 6.30. The fourth-order valence-electron chi connectivity index (χ4n) is 2.99. The van der Waals surface area contributed by atoms with Gasteiger partial charge in [0.1, 0.15) is 12.4 Å². The number of fused-ring (bicyclic) bond motifs is 1. The van der Waals surface area contributed by atoms with Crippen LogP contribution in [0.2, 0.25) is 5.02 Å². The third kappa shape index (κ3) is 3.27. The molecule has 0 saturated heterocycles. The average Bonchev–Trinajstić information content (AvgIpc) is 2.72. The monoisotopic (exact) mass is 316 g/mol. The standard InChI is InChI=1S/C18H21ClN2O/c1-20-9-10-21-11-12-22-17-8-7-15(19)13-16(17)18(21)14-5-3-2-4-6-14/h2-8,13,18,20H,9-12H2,1H3. The molecule has 3 rings (SSSR count). The summed E-state index contributed by atoms with van der Waals surface area (Å²) in [5.41, 5.74) is 2.42. The number of benzene rings is 2. The van der Waals surface area contributed by atoms with Crippen LogP contribution in [0.15, 0.2) is 48.5 Å². The summed E-state index contributed by atoms with van der Waals surface area (Å²) in [7, 11) is 1.98. The zero-order chi connectivity index (χ0) is 15.4. The molecule has 1 aliphatic rings. The Morgan fingerprint density at radius 3 is 2.82 bits per heavy atom. The van der Waals surface area contributed by atoms with E-state index in [4.69, 9.17) is 16.3 Å². The number of nitrogens with zero attached hydrogens (tertiary/aromatic N) is 1. The number of nitrogens with one attached hydrogen (secondary N) is 1. The molecule has 4 heteroatoms. The molecule has 1 N–H and O–H groups in total. The van der Waals surface area contributed by atoms with Gasteiger partial charge in [0.15, 0.2) is 0 Å². The van der Waals surface area contributed by atoms with Crippen LogP contribution >= 0.6 is 11.6 Å². The van der Waals surface area contributed by atoms with E-state index in [0.717, 1.165) is 36.0 Å². The van der Waals surface area contributed by atoms with Gasteiger partial charge < -0.3 is 10.1 Å². The van der Waals surface area contributed by atoms with Crippen LogP contribution in [0.25, 0.3) is 0 Å². The summed E-state index contributed by atoms with van der Waals surface area (Å²) in [5, 5.41) is 3.98. The molecule has 0 fully saturated rings. The van der Waals surface area contributed by atoms with Gasteiger partial charge >= 0.3 is 0 Å². The van der Waals surface area contributed by atoms with Gasteiger partial charge in [-0.2, -0.15) is 0 Å². The quantitative estimate of drug-likeness (QED) is 0.936. The molecular formula is C18H21ClN2O. The van der Waals surface area contributed by atoms with Crippen LogP contribution in [0.5, 0.6) is 5.75 Å². The van der Waals surface area contributed by atoms with Gasteiger partial charge in [0.25, 0.3) is 0 Å². The minimum absolute atomic E-state index is 0.172. The van der Waals surface area contributed by atoms with Crippen molar-refractivity contribution in [2.75, 3.05) is 33.3 Å². The van der Waals surface area contributed by atoms with Crippen LogP contribution in [0.3, 0.4) is 0 Å². The Balaban J connectivity index is 2.06. The molecule has 2 aromatic carbocycles. The first kappa shape index (κ1) is 15.3. The minimum Gasteiger partial charge on any atom is -0.492 e. The maximum absolute atomic E-state index is 6.25.